The second-order valence-electron chi connectivity index (χ2n) is 6.47. The van der Waals surface area contributed by atoms with Crippen LogP contribution in [0.1, 0.15) is 38.5 Å². The Bertz CT molecular complexity index is 180. The fourth-order valence-electron chi connectivity index (χ4n) is 4.85. The third-order valence-corrected chi connectivity index (χ3v) is 23.0. The smallest absolute Gasteiger partial charge is 0.0483 e. The predicted molar refractivity (Wildman–Crippen MR) is 68.1 cm³/mol. The number of hydrogen-bond donors (Lipinski definition) is 0. The second-order valence-corrected chi connectivity index (χ2v) is 17.3. The summed E-state index contributed by atoms with van der Waals surface area (Å²) in [6.45, 7) is 0. The summed E-state index contributed by atoms with van der Waals surface area (Å²) in [6.07, 6.45) is 9.63. The molecular formula is C12H24Si2. The first-order chi connectivity index (χ1) is 6.83. The Morgan fingerprint density at radius 3 is 1.14 bits per heavy atom. The van der Waals surface area contributed by atoms with E-state index < -0.39 is 16.1 Å². The molecule has 0 aromatic heterocycles. The molecule has 0 nitrogen and oxygen atoms in total. The maximum atomic E-state index is 1.90. The Morgan fingerprint density at radius 1 is 0.429 bits per heavy atom. The first-order valence-electron chi connectivity index (χ1n) is 6.83. The van der Waals surface area contributed by atoms with Gasteiger partial charge in [0.15, 0.2) is 0 Å². The summed E-state index contributed by atoms with van der Waals surface area (Å²) < 4.78 is 0. The van der Waals surface area contributed by atoms with E-state index in [0.29, 0.717) is 0 Å². The average molecular weight is 224 g/mol. The number of rotatable bonds is 0. The van der Waals surface area contributed by atoms with Crippen LogP contribution in [0, 0.1) is 0 Å². The van der Waals surface area contributed by atoms with Gasteiger partial charge in [-0.25, -0.2) is 0 Å². The highest BCUT2D eigenvalue weighted by molar-refractivity contribution is 7.13. The van der Waals surface area contributed by atoms with Crippen LogP contribution in [0.3, 0.4) is 0 Å². The summed E-state index contributed by atoms with van der Waals surface area (Å²) in [4.78, 5) is 0. The fourth-order valence-corrected chi connectivity index (χ4v) is 27.3. The first-order valence-corrected chi connectivity index (χ1v) is 12.5. The van der Waals surface area contributed by atoms with E-state index in [-0.39, 0.29) is 0 Å². The fraction of sp³-hybridized carbons (Fsp3) is 1.00. The molecule has 3 aliphatic rings. The molecule has 80 valence electrons. The molecule has 3 aliphatic heterocycles. The van der Waals surface area contributed by atoms with Crippen molar-refractivity contribution < 1.29 is 0 Å². The topological polar surface area (TPSA) is 0 Å². The van der Waals surface area contributed by atoms with E-state index in [1.54, 1.807) is 62.7 Å². The van der Waals surface area contributed by atoms with Gasteiger partial charge in [-0.2, -0.15) is 0 Å². The average Bonchev–Trinajstić information content (AvgIpc) is 2.18. The van der Waals surface area contributed by atoms with E-state index in [1.165, 1.54) is 0 Å². The molecule has 2 spiro atoms. The second kappa shape index (κ2) is 3.48. The Morgan fingerprint density at radius 2 is 0.786 bits per heavy atom. The van der Waals surface area contributed by atoms with Gasteiger partial charge in [0.1, 0.15) is 0 Å². The van der Waals surface area contributed by atoms with Crippen LogP contribution in [0.5, 0.6) is 0 Å². The summed E-state index contributed by atoms with van der Waals surface area (Å²) in [5.41, 5.74) is 3.81. The van der Waals surface area contributed by atoms with Crippen molar-refractivity contribution in [3.05, 3.63) is 0 Å². The zero-order valence-electron chi connectivity index (χ0n) is 9.49. The molecule has 0 aromatic rings. The van der Waals surface area contributed by atoms with Gasteiger partial charge < -0.3 is 0 Å². The lowest BCUT2D eigenvalue weighted by Crippen LogP contribution is -2.63. The van der Waals surface area contributed by atoms with E-state index >= 15 is 0 Å². The van der Waals surface area contributed by atoms with Gasteiger partial charge in [-0.05, 0) is 0 Å². The lowest BCUT2D eigenvalue weighted by molar-refractivity contribution is 0.678. The summed E-state index contributed by atoms with van der Waals surface area (Å²) in [5, 5.41) is 0. The lowest BCUT2D eigenvalue weighted by atomic mass is 10.3. The Labute approximate surface area is 90.5 Å². The van der Waals surface area contributed by atoms with Crippen LogP contribution in [0.15, 0.2) is 0 Å². The Balaban J connectivity index is 1.62. The van der Waals surface area contributed by atoms with Gasteiger partial charge >= 0.3 is 0 Å². The van der Waals surface area contributed by atoms with Crippen molar-refractivity contribution in [3.8, 4) is 0 Å². The molecule has 0 radical (unpaired) electrons. The molecule has 0 saturated carbocycles. The van der Waals surface area contributed by atoms with Gasteiger partial charge in [0.2, 0.25) is 0 Å². The molecule has 0 bridgehead atoms. The third kappa shape index (κ3) is 1.55. The molecule has 3 saturated heterocycles. The van der Waals surface area contributed by atoms with Crippen molar-refractivity contribution in [3.63, 3.8) is 0 Å². The van der Waals surface area contributed by atoms with Crippen molar-refractivity contribution in [1.82, 2.24) is 0 Å². The highest BCUT2D eigenvalue weighted by Gasteiger charge is 2.56. The number of hydrogen-bond acceptors (Lipinski definition) is 0. The minimum absolute atomic E-state index is 0.528. The largest absolute Gasteiger partial charge is 0.0612 e. The van der Waals surface area contributed by atoms with Gasteiger partial charge in [0.05, 0.1) is 0 Å². The molecule has 0 unspecified atom stereocenters. The van der Waals surface area contributed by atoms with E-state index in [4.69, 9.17) is 0 Å². The van der Waals surface area contributed by atoms with E-state index in [9.17, 15) is 0 Å². The minimum atomic E-state index is -0.528. The van der Waals surface area contributed by atoms with Crippen LogP contribution in [-0.2, 0) is 0 Å². The zero-order valence-corrected chi connectivity index (χ0v) is 11.5. The maximum absolute atomic E-state index is 1.90. The van der Waals surface area contributed by atoms with Crippen LogP contribution >= 0.6 is 0 Å². The standard InChI is InChI=1S/C12H24Si2/c1-3-7-13(8-4-1)11-14(12-13)9-5-2-6-10-14/h1-12H2. The quantitative estimate of drug-likeness (QED) is 0.537. The van der Waals surface area contributed by atoms with E-state index in [2.05, 4.69) is 0 Å². The van der Waals surface area contributed by atoms with Crippen molar-refractivity contribution in [1.29, 1.82) is 0 Å². The predicted octanol–water partition coefficient (Wildman–Crippen LogP) is 4.34. The monoisotopic (exact) mass is 224 g/mol. The SMILES string of the molecule is C1CC[Si]2(CC1)C[Si]1(CCCCC1)C2. The van der Waals surface area contributed by atoms with Gasteiger partial charge in [0.25, 0.3) is 0 Å². The van der Waals surface area contributed by atoms with Crippen molar-refractivity contribution in [2.75, 3.05) is 0 Å². The van der Waals surface area contributed by atoms with Crippen LogP contribution in [0.25, 0.3) is 0 Å². The van der Waals surface area contributed by atoms with E-state index in [1.807, 2.05) is 11.3 Å². The van der Waals surface area contributed by atoms with Crippen LogP contribution in [0.2, 0.25) is 35.5 Å². The lowest BCUT2D eigenvalue weighted by Gasteiger charge is -2.57. The van der Waals surface area contributed by atoms with Crippen LogP contribution in [-0.4, -0.2) is 16.1 Å². The minimum Gasteiger partial charge on any atom is -0.0612 e. The molecule has 3 fully saturated rings. The van der Waals surface area contributed by atoms with Gasteiger partial charge in [-0.3, -0.25) is 0 Å². The molecule has 3 rings (SSSR count). The summed E-state index contributed by atoms with van der Waals surface area (Å²) in [7, 11) is -1.06. The Kier molecular flexibility index (Phi) is 2.40. The molecule has 0 N–H and O–H groups in total. The normalized spacial score (nSPS) is 34.3. The first kappa shape index (κ1) is 9.64. The molecule has 2 heteroatoms. The molecule has 0 amide bonds. The third-order valence-electron chi connectivity index (χ3n) is 5.33. The highest BCUT2D eigenvalue weighted by Crippen LogP contribution is 2.54. The van der Waals surface area contributed by atoms with Crippen LogP contribution < -0.4 is 0 Å². The molecule has 0 aliphatic carbocycles. The van der Waals surface area contributed by atoms with Crippen LogP contribution in [0.4, 0.5) is 0 Å². The zero-order chi connectivity index (χ0) is 9.49. The van der Waals surface area contributed by atoms with Gasteiger partial charge in [0, 0.05) is 16.1 Å². The molecular weight excluding hydrogens is 200 g/mol. The molecule has 0 atom stereocenters. The molecule has 14 heavy (non-hydrogen) atoms. The highest BCUT2D eigenvalue weighted by atomic mass is 28.5. The van der Waals surface area contributed by atoms with E-state index in [0.717, 1.165) is 0 Å². The van der Waals surface area contributed by atoms with Crippen molar-refractivity contribution >= 4 is 16.1 Å². The molecule has 3 heterocycles. The summed E-state index contributed by atoms with van der Waals surface area (Å²) >= 11 is 0. The Hall–Kier alpha value is 0.434. The summed E-state index contributed by atoms with van der Waals surface area (Å²) in [6, 6.07) is 7.01. The van der Waals surface area contributed by atoms with Gasteiger partial charge in [-0.15, -0.1) is 0 Å². The maximum Gasteiger partial charge on any atom is 0.0483 e. The van der Waals surface area contributed by atoms with Crippen molar-refractivity contribution in [2.24, 2.45) is 0 Å². The summed E-state index contributed by atoms with van der Waals surface area (Å²) in [5.74, 6) is 0. The van der Waals surface area contributed by atoms with Gasteiger partial charge in [-0.1, -0.05) is 74.0 Å². The van der Waals surface area contributed by atoms with Crippen molar-refractivity contribution in [2.45, 2.75) is 74.0 Å². The molecule has 0 aromatic carbocycles.